The third kappa shape index (κ3) is 5.01. The SMILES string of the molecule is CCCNCC1CCC(CN(CC)C2CCCCC2)O1. The van der Waals surface area contributed by atoms with E-state index in [2.05, 4.69) is 24.1 Å². The third-order valence-corrected chi connectivity index (χ3v) is 4.93. The van der Waals surface area contributed by atoms with Crippen LogP contribution in [0, 0.1) is 0 Å². The number of nitrogens with one attached hydrogen (secondary N) is 1. The molecular weight excluding hydrogens is 248 g/mol. The monoisotopic (exact) mass is 282 g/mol. The Hall–Kier alpha value is -0.120. The van der Waals surface area contributed by atoms with Crippen molar-refractivity contribution in [3.05, 3.63) is 0 Å². The fourth-order valence-corrected chi connectivity index (χ4v) is 3.75. The molecule has 1 aliphatic heterocycles. The maximum Gasteiger partial charge on any atom is 0.0707 e. The summed E-state index contributed by atoms with van der Waals surface area (Å²) in [6, 6.07) is 0.828. The molecule has 3 nitrogen and oxygen atoms in total. The second-order valence-electron chi connectivity index (χ2n) is 6.54. The van der Waals surface area contributed by atoms with Crippen LogP contribution in [-0.2, 0) is 4.74 Å². The van der Waals surface area contributed by atoms with Crippen LogP contribution < -0.4 is 5.32 Å². The fourth-order valence-electron chi connectivity index (χ4n) is 3.75. The van der Waals surface area contributed by atoms with Crippen LogP contribution in [0.4, 0.5) is 0 Å². The Labute approximate surface area is 125 Å². The molecule has 1 N–H and O–H groups in total. The maximum absolute atomic E-state index is 6.23. The fraction of sp³-hybridized carbons (Fsp3) is 1.00. The first-order valence-corrected chi connectivity index (χ1v) is 8.93. The number of nitrogens with zero attached hydrogens (tertiary/aromatic N) is 1. The van der Waals surface area contributed by atoms with Crippen molar-refractivity contribution in [1.82, 2.24) is 10.2 Å². The molecule has 2 fully saturated rings. The zero-order valence-electron chi connectivity index (χ0n) is 13.6. The van der Waals surface area contributed by atoms with Gasteiger partial charge in [0.1, 0.15) is 0 Å². The van der Waals surface area contributed by atoms with E-state index in [0.717, 1.165) is 25.7 Å². The Morgan fingerprint density at radius 3 is 2.45 bits per heavy atom. The molecule has 0 radical (unpaired) electrons. The second kappa shape index (κ2) is 9.01. The lowest BCUT2D eigenvalue weighted by atomic mass is 9.94. The summed E-state index contributed by atoms with van der Waals surface area (Å²) in [5.41, 5.74) is 0. The molecule has 0 aromatic carbocycles. The zero-order valence-corrected chi connectivity index (χ0v) is 13.6. The lowest BCUT2D eigenvalue weighted by Gasteiger charge is -2.35. The van der Waals surface area contributed by atoms with Crippen LogP contribution in [0.3, 0.4) is 0 Å². The molecule has 0 aromatic rings. The van der Waals surface area contributed by atoms with Crippen LogP contribution in [0.1, 0.15) is 65.2 Å². The molecule has 0 bridgehead atoms. The van der Waals surface area contributed by atoms with Crippen molar-refractivity contribution in [1.29, 1.82) is 0 Å². The van der Waals surface area contributed by atoms with Gasteiger partial charge in [0.25, 0.3) is 0 Å². The average molecular weight is 282 g/mol. The van der Waals surface area contributed by atoms with Gasteiger partial charge in [-0.2, -0.15) is 0 Å². The highest BCUT2D eigenvalue weighted by molar-refractivity contribution is 4.82. The summed E-state index contributed by atoms with van der Waals surface area (Å²) >= 11 is 0. The lowest BCUT2D eigenvalue weighted by Crippen LogP contribution is -2.41. The van der Waals surface area contributed by atoms with Crippen molar-refractivity contribution in [2.24, 2.45) is 0 Å². The first kappa shape index (κ1) is 16.3. The van der Waals surface area contributed by atoms with Gasteiger partial charge < -0.3 is 10.1 Å². The van der Waals surface area contributed by atoms with Crippen molar-refractivity contribution >= 4 is 0 Å². The normalized spacial score (nSPS) is 28.4. The largest absolute Gasteiger partial charge is 0.372 e. The molecule has 1 saturated carbocycles. The predicted molar refractivity (Wildman–Crippen MR) is 85.2 cm³/mol. The molecule has 20 heavy (non-hydrogen) atoms. The summed E-state index contributed by atoms with van der Waals surface area (Å²) in [6.45, 7) is 9.03. The van der Waals surface area contributed by atoms with Gasteiger partial charge >= 0.3 is 0 Å². The zero-order chi connectivity index (χ0) is 14.2. The van der Waals surface area contributed by atoms with E-state index in [1.165, 1.54) is 57.9 Å². The Bertz CT molecular complexity index is 253. The van der Waals surface area contributed by atoms with Gasteiger partial charge in [-0.3, -0.25) is 4.90 Å². The summed E-state index contributed by atoms with van der Waals surface area (Å²) in [7, 11) is 0. The highest BCUT2D eigenvalue weighted by atomic mass is 16.5. The topological polar surface area (TPSA) is 24.5 Å². The summed E-state index contributed by atoms with van der Waals surface area (Å²) in [5.74, 6) is 0. The van der Waals surface area contributed by atoms with E-state index < -0.39 is 0 Å². The van der Waals surface area contributed by atoms with Crippen LogP contribution in [0.15, 0.2) is 0 Å². The molecule has 0 amide bonds. The molecule has 2 rings (SSSR count). The van der Waals surface area contributed by atoms with Gasteiger partial charge in [0.15, 0.2) is 0 Å². The highest BCUT2D eigenvalue weighted by Crippen LogP contribution is 2.25. The van der Waals surface area contributed by atoms with Crippen LogP contribution in [0.2, 0.25) is 0 Å². The molecule has 1 aliphatic carbocycles. The van der Waals surface area contributed by atoms with Crippen LogP contribution in [0.25, 0.3) is 0 Å². The lowest BCUT2D eigenvalue weighted by molar-refractivity contribution is 0.0115. The van der Waals surface area contributed by atoms with E-state index >= 15 is 0 Å². The molecule has 0 spiro atoms. The van der Waals surface area contributed by atoms with Crippen molar-refractivity contribution in [3.8, 4) is 0 Å². The van der Waals surface area contributed by atoms with E-state index in [9.17, 15) is 0 Å². The Balaban J connectivity index is 1.69. The average Bonchev–Trinajstić information content (AvgIpc) is 2.93. The van der Waals surface area contributed by atoms with E-state index in [1.807, 2.05) is 0 Å². The van der Waals surface area contributed by atoms with E-state index in [1.54, 1.807) is 0 Å². The summed E-state index contributed by atoms with van der Waals surface area (Å²) in [6.07, 6.45) is 11.7. The predicted octanol–water partition coefficient (Wildman–Crippen LogP) is 3.19. The molecule has 1 saturated heterocycles. The van der Waals surface area contributed by atoms with Gasteiger partial charge in [-0.15, -0.1) is 0 Å². The molecule has 0 aromatic heterocycles. The maximum atomic E-state index is 6.23. The minimum Gasteiger partial charge on any atom is -0.372 e. The van der Waals surface area contributed by atoms with Gasteiger partial charge in [0.05, 0.1) is 12.2 Å². The number of ether oxygens (including phenoxy) is 1. The first-order chi connectivity index (χ1) is 9.83. The summed E-state index contributed by atoms with van der Waals surface area (Å²) < 4.78 is 6.23. The van der Waals surface area contributed by atoms with Gasteiger partial charge in [0, 0.05) is 19.1 Å². The van der Waals surface area contributed by atoms with Gasteiger partial charge in [-0.1, -0.05) is 33.1 Å². The number of likely N-dealkylation sites (N-methyl/N-ethyl adjacent to an activating group) is 1. The van der Waals surface area contributed by atoms with Crippen molar-refractivity contribution in [2.75, 3.05) is 26.2 Å². The number of hydrogen-bond acceptors (Lipinski definition) is 3. The molecule has 2 unspecified atom stereocenters. The summed E-state index contributed by atoms with van der Waals surface area (Å²) in [5, 5.41) is 3.49. The van der Waals surface area contributed by atoms with Gasteiger partial charge in [-0.05, 0) is 45.2 Å². The van der Waals surface area contributed by atoms with Crippen LogP contribution in [-0.4, -0.2) is 49.3 Å². The van der Waals surface area contributed by atoms with E-state index in [0.29, 0.717) is 12.2 Å². The third-order valence-electron chi connectivity index (χ3n) is 4.93. The number of hydrogen-bond donors (Lipinski definition) is 1. The first-order valence-electron chi connectivity index (χ1n) is 8.93. The van der Waals surface area contributed by atoms with Crippen molar-refractivity contribution in [2.45, 2.75) is 83.5 Å². The molecule has 1 heterocycles. The van der Waals surface area contributed by atoms with Crippen LogP contribution >= 0.6 is 0 Å². The van der Waals surface area contributed by atoms with E-state index in [4.69, 9.17) is 4.74 Å². The Kier molecular flexibility index (Phi) is 7.32. The van der Waals surface area contributed by atoms with E-state index in [-0.39, 0.29) is 0 Å². The number of rotatable bonds is 8. The Morgan fingerprint density at radius 2 is 1.75 bits per heavy atom. The Morgan fingerprint density at radius 1 is 1.00 bits per heavy atom. The smallest absolute Gasteiger partial charge is 0.0707 e. The molecule has 118 valence electrons. The van der Waals surface area contributed by atoms with Crippen LogP contribution in [0.5, 0.6) is 0 Å². The summed E-state index contributed by atoms with van der Waals surface area (Å²) in [4.78, 5) is 2.69. The molecular formula is C17H34N2O. The van der Waals surface area contributed by atoms with Crippen molar-refractivity contribution < 1.29 is 4.74 Å². The van der Waals surface area contributed by atoms with Crippen molar-refractivity contribution in [3.63, 3.8) is 0 Å². The standard InChI is InChI=1S/C17H34N2O/c1-3-12-18-13-16-10-11-17(20-16)14-19(4-2)15-8-6-5-7-9-15/h15-18H,3-14H2,1-2H3. The quantitative estimate of drug-likeness (QED) is 0.692. The minimum atomic E-state index is 0.455. The molecule has 2 aliphatic rings. The van der Waals surface area contributed by atoms with Gasteiger partial charge in [0.2, 0.25) is 0 Å². The highest BCUT2D eigenvalue weighted by Gasteiger charge is 2.28. The second-order valence-corrected chi connectivity index (χ2v) is 6.54. The minimum absolute atomic E-state index is 0.455. The molecule has 3 heteroatoms. The van der Waals surface area contributed by atoms with Gasteiger partial charge in [-0.25, -0.2) is 0 Å². The molecule has 2 atom stereocenters.